The molecule has 9 nitrogen and oxygen atoms in total. The Kier molecular flexibility index (Phi) is 12.0. The molecule has 0 spiro atoms. The van der Waals surface area contributed by atoms with Crippen LogP contribution in [-0.4, -0.2) is 45.9 Å². The van der Waals surface area contributed by atoms with Gasteiger partial charge in [-0.2, -0.15) is 0 Å². The van der Waals surface area contributed by atoms with Gasteiger partial charge in [-0.15, -0.1) is 0 Å². The van der Waals surface area contributed by atoms with Crippen molar-refractivity contribution in [2.45, 2.75) is 131 Å². The van der Waals surface area contributed by atoms with E-state index in [1.54, 1.807) is 13.0 Å². The summed E-state index contributed by atoms with van der Waals surface area (Å²) in [5, 5.41) is 25.3. The van der Waals surface area contributed by atoms with Crippen LogP contribution >= 0.6 is 0 Å². The molecule has 9 heteroatoms. The number of unbranched alkanes of at least 4 members (excludes halogenated alkanes) is 9. The Morgan fingerprint density at radius 2 is 1.51 bits per heavy atom. The fourth-order valence-electron chi connectivity index (χ4n) is 8.50. The number of esters is 1. The molecule has 53 heavy (non-hydrogen) atoms. The summed E-state index contributed by atoms with van der Waals surface area (Å²) < 4.78 is 5.70. The van der Waals surface area contributed by atoms with Crippen LogP contribution in [0.25, 0.3) is 0 Å². The van der Waals surface area contributed by atoms with Crippen LogP contribution in [0.1, 0.15) is 131 Å². The summed E-state index contributed by atoms with van der Waals surface area (Å²) in [6, 6.07) is 0. The summed E-state index contributed by atoms with van der Waals surface area (Å²) >= 11 is 0. The third-order valence-electron chi connectivity index (χ3n) is 11.7. The zero-order valence-corrected chi connectivity index (χ0v) is 32.5. The van der Waals surface area contributed by atoms with Gasteiger partial charge in [0.05, 0.1) is 46.4 Å². The van der Waals surface area contributed by atoms with Gasteiger partial charge >= 0.3 is 11.9 Å². The average Bonchev–Trinajstić information content (AvgIpc) is 3.88. The van der Waals surface area contributed by atoms with E-state index in [1.807, 2.05) is 26.0 Å². The molecule has 1 aliphatic carbocycles. The Morgan fingerprint density at radius 1 is 0.849 bits per heavy atom. The Morgan fingerprint density at radius 3 is 2.19 bits per heavy atom. The maximum Gasteiger partial charge on any atom is 0.338 e. The fourth-order valence-corrected chi connectivity index (χ4v) is 8.50. The number of fused-ring (bicyclic) bond motifs is 5. The number of carboxylic acids is 1. The lowest BCUT2D eigenvalue weighted by molar-refractivity contribution is -0.144. The molecule has 0 aromatic rings. The van der Waals surface area contributed by atoms with Gasteiger partial charge in [-0.1, -0.05) is 78.6 Å². The third-order valence-corrected chi connectivity index (χ3v) is 11.7. The van der Waals surface area contributed by atoms with Gasteiger partial charge in [-0.05, 0) is 80.6 Å². The highest BCUT2D eigenvalue weighted by molar-refractivity contribution is 6.22. The second-order valence-corrected chi connectivity index (χ2v) is 15.2. The van der Waals surface area contributed by atoms with Crippen molar-refractivity contribution in [3.8, 4) is 0 Å². The van der Waals surface area contributed by atoms with Crippen LogP contribution in [0.3, 0.4) is 0 Å². The molecule has 1 fully saturated rings. The van der Waals surface area contributed by atoms with E-state index in [0.29, 0.717) is 42.1 Å². The van der Waals surface area contributed by atoms with Gasteiger partial charge in [0.25, 0.3) is 0 Å². The summed E-state index contributed by atoms with van der Waals surface area (Å²) in [6.45, 7) is 12.7. The van der Waals surface area contributed by atoms with Crippen molar-refractivity contribution in [3.63, 3.8) is 0 Å². The molecule has 6 rings (SSSR count). The number of hydrogen-bond donors (Lipinski definition) is 3. The van der Waals surface area contributed by atoms with E-state index in [0.717, 1.165) is 75.6 Å². The molecular formula is C44H56N4O5. The SMILES string of the molecule is CCCCCCCCCCCCOC(=O)CC[C@@H]1C2=C3CC(O)=C4C3=NC(=C4C)C=C3N=C(C=C4N=C(C=C(N2)[C@H]1C)C(C)=C4C(=O)O)C(C)=C3CC. The van der Waals surface area contributed by atoms with Crippen LogP contribution in [0.5, 0.6) is 0 Å². The fraction of sp³-hybridized carbons (Fsp3) is 0.523. The number of hydrogen-bond acceptors (Lipinski definition) is 8. The molecular weight excluding hydrogens is 665 g/mol. The zero-order chi connectivity index (χ0) is 37.8. The lowest BCUT2D eigenvalue weighted by atomic mass is 9.86. The lowest BCUT2D eigenvalue weighted by Gasteiger charge is -2.17. The highest BCUT2D eigenvalue weighted by atomic mass is 16.5. The summed E-state index contributed by atoms with van der Waals surface area (Å²) in [5.41, 5.74) is 11.1. The van der Waals surface area contributed by atoms with E-state index < -0.39 is 5.97 Å². The van der Waals surface area contributed by atoms with Crippen LogP contribution < -0.4 is 5.32 Å². The molecule has 0 amide bonds. The molecule has 2 atom stereocenters. The predicted molar refractivity (Wildman–Crippen MR) is 212 cm³/mol. The standard InChI is InChI=1S/C44H56N4O5/c1-7-9-10-11-12-13-14-15-16-17-20-53-39(50)19-18-30-26(4)33-22-34-27(5)40(44(51)52)37(46-34)24-32-25(3)29(8-2)36(45-32)23-35-28(6)41-38(49)21-31(42(30)47-33)43(41)48-35/h22-24,26,30,47,49H,7-21H2,1-6H3,(H,51,52)/t26-,30-/m0/s1. The molecule has 0 aromatic carbocycles. The van der Waals surface area contributed by atoms with Crippen LogP contribution in [0.15, 0.2) is 106 Å². The van der Waals surface area contributed by atoms with Crippen molar-refractivity contribution in [1.29, 1.82) is 0 Å². The monoisotopic (exact) mass is 720 g/mol. The Hall–Kier alpha value is -4.53. The maximum absolute atomic E-state index is 13.0. The van der Waals surface area contributed by atoms with Crippen LogP contribution in [-0.2, 0) is 14.3 Å². The minimum Gasteiger partial charge on any atom is -0.511 e. The van der Waals surface area contributed by atoms with Gasteiger partial charge in [-0.25, -0.2) is 19.8 Å². The number of aliphatic hydroxyl groups is 1. The minimum atomic E-state index is -1.03. The Labute approximate surface area is 314 Å². The van der Waals surface area contributed by atoms with E-state index in [1.165, 1.54) is 51.4 Å². The van der Waals surface area contributed by atoms with E-state index in [9.17, 15) is 19.8 Å². The summed E-state index contributed by atoms with van der Waals surface area (Å²) in [6.07, 6.45) is 19.9. The third kappa shape index (κ3) is 7.90. The molecule has 8 bridgehead atoms. The van der Waals surface area contributed by atoms with Crippen LogP contribution in [0.2, 0.25) is 0 Å². The van der Waals surface area contributed by atoms with E-state index in [4.69, 9.17) is 19.7 Å². The summed E-state index contributed by atoms with van der Waals surface area (Å²) in [7, 11) is 0. The summed E-state index contributed by atoms with van der Waals surface area (Å²) in [5.74, 6) is -1.06. The highest BCUT2D eigenvalue weighted by Gasteiger charge is 2.41. The molecule has 282 valence electrons. The van der Waals surface area contributed by atoms with Crippen molar-refractivity contribution in [3.05, 3.63) is 91.5 Å². The summed E-state index contributed by atoms with van der Waals surface area (Å²) in [4.78, 5) is 40.6. The number of aliphatic imine (C=N–C) groups is 3. The largest absolute Gasteiger partial charge is 0.511 e. The molecule has 6 aliphatic rings. The Balaban J connectivity index is 1.25. The number of ether oxygens (including phenoxy) is 1. The first-order chi connectivity index (χ1) is 25.5. The van der Waals surface area contributed by atoms with Crippen LogP contribution in [0, 0.1) is 11.8 Å². The van der Waals surface area contributed by atoms with Gasteiger partial charge in [-0.3, -0.25) is 4.79 Å². The van der Waals surface area contributed by atoms with Gasteiger partial charge < -0.3 is 20.3 Å². The highest BCUT2D eigenvalue weighted by Crippen LogP contribution is 2.46. The second kappa shape index (κ2) is 16.6. The molecule has 0 saturated carbocycles. The van der Waals surface area contributed by atoms with E-state index in [2.05, 4.69) is 26.1 Å². The van der Waals surface area contributed by atoms with E-state index >= 15 is 0 Å². The number of rotatable bonds is 16. The van der Waals surface area contributed by atoms with Gasteiger partial charge in [0.2, 0.25) is 0 Å². The number of carbonyl (C=O) groups is 2. The number of allylic oxidation sites excluding steroid dienone is 11. The van der Waals surface area contributed by atoms with Crippen LogP contribution in [0.4, 0.5) is 0 Å². The van der Waals surface area contributed by atoms with Gasteiger partial charge in [0, 0.05) is 47.2 Å². The molecule has 5 aliphatic heterocycles. The first-order valence-electron chi connectivity index (χ1n) is 19.9. The smallest absolute Gasteiger partial charge is 0.338 e. The molecule has 1 saturated heterocycles. The van der Waals surface area contributed by atoms with Gasteiger partial charge in [0.15, 0.2) is 0 Å². The zero-order valence-electron chi connectivity index (χ0n) is 32.5. The first-order valence-corrected chi connectivity index (χ1v) is 19.9. The van der Waals surface area contributed by atoms with Crippen molar-refractivity contribution >= 4 is 29.1 Å². The maximum atomic E-state index is 13.0. The van der Waals surface area contributed by atoms with Crippen molar-refractivity contribution < 1.29 is 24.5 Å². The first kappa shape index (κ1) is 38.2. The molecule has 0 aromatic heterocycles. The number of nitrogens with zero attached hydrogens (tertiary/aromatic N) is 3. The minimum absolute atomic E-state index is 0.0405. The number of aliphatic carboxylic acids is 1. The number of carboxylic acid groups (broad SMARTS) is 1. The second-order valence-electron chi connectivity index (χ2n) is 15.2. The Bertz CT molecular complexity index is 1920. The predicted octanol–water partition coefficient (Wildman–Crippen LogP) is 9.99. The average molecular weight is 721 g/mol. The lowest BCUT2D eigenvalue weighted by Crippen LogP contribution is -2.16. The van der Waals surface area contributed by atoms with Crippen molar-refractivity contribution in [2.75, 3.05) is 6.61 Å². The molecule has 3 N–H and O–H groups in total. The van der Waals surface area contributed by atoms with Gasteiger partial charge in [0.1, 0.15) is 5.76 Å². The van der Waals surface area contributed by atoms with Crippen molar-refractivity contribution in [1.82, 2.24) is 5.32 Å². The number of carbonyl (C=O) groups excluding carboxylic acids is 1. The topological polar surface area (TPSA) is 133 Å². The molecule has 0 unspecified atom stereocenters. The quantitative estimate of drug-likeness (QED) is 0.107. The number of aliphatic hydroxyl groups excluding tert-OH is 1. The molecule has 5 heterocycles. The molecule has 0 radical (unpaired) electrons. The number of nitrogens with one attached hydrogen (secondary N) is 1. The normalized spacial score (nSPS) is 22.0. The van der Waals surface area contributed by atoms with E-state index in [-0.39, 0.29) is 35.6 Å². The van der Waals surface area contributed by atoms with Crippen molar-refractivity contribution in [2.24, 2.45) is 26.8 Å².